The molecule has 0 aromatic carbocycles. The van der Waals surface area contributed by atoms with Gasteiger partial charge in [0.2, 0.25) is 11.4 Å². The van der Waals surface area contributed by atoms with Crippen LogP contribution in [0.3, 0.4) is 0 Å². The van der Waals surface area contributed by atoms with E-state index in [0.29, 0.717) is 18.4 Å². The first kappa shape index (κ1) is 27.9. The standard InChI is InChI=1S/C28H35NO10/c1-12-11-27(15(4)38-16(5)30)24(33)26(6,35)25(34)29(27)20-10-17(31)9-18-23(13(2)22(12)28(18,20)36)39-21-8-7-19(32)14(3)37-21/h9-11,13-15,19,21-23,32,35-36H,7-8H2,1-6H3/t13-,14-,15?,19-,21+,22-,23+,26-,27-,28+/m1/s1. The monoisotopic (exact) mass is 545 g/mol. The summed E-state index contributed by atoms with van der Waals surface area (Å²) in [4.78, 5) is 53.6. The van der Waals surface area contributed by atoms with Gasteiger partial charge < -0.3 is 29.5 Å². The first-order chi connectivity index (χ1) is 18.1. The Balaban J connectivity index is 1.68. The van der Waals surface area contributed by atoms with E-state index in [4.69, 9.17) is 14.2 Å². The molecule has 5 rings (SSSR count). The second-order valence-corrected chi connectivity index (χ2v) is 11.6. The maximum atomic E-state index is 13.8. The molecule has 212 valence electrons. The van der Waals surface area contributed by atoms with Crippen LogP contribution in [0.5, 0.6) is 0 Å². The average Bonchev–Trinajstić information content (AvgIpc) is 3.09. The van der Waals surface area contributed by atoms with Crippen LogP contribution in [-0.2, 0) is 33.4 Å². The van der Waals surface area contributed by atoms with E-state index in [0.717, 1.165) is 24.8 Å². The molecule has 5 aliphatic rings. The molecule has 0 aromatic rings. The van der Waals surface area contributed by atoms with E-state index >= 15 is 0 Å². The quantitative estimate of drug-likeness (QED) is 0.257. The predicted octanol–water partition coefficient (Wildman–Crippen LogP) is 0.460. The number of esters is 1. The zero-order chi connectivity index (χ0) is 28.8. The summed E-state index contributed by atoms with van der Waals surface area (Å²) in [6, 6.07) is 0. The molecule has 0 radical (unpaired) electrons. The van der Waals surface area contributed by atoms with Crippen molar-refractivity contribution in [3.05, 3.63) is 35.1 Å². The molecule has 11 heteroatoms. The van der Waals surface area contributed by atoms with Crippen molar-refractivity contribution in [3.8, 4) is 0 Å². The number of hydrogen-bond donors (Lipinski definition) is 3. The van der Waals surface area contributed by atoms with E-state index in [-0.39, 0.29) is 11.3 Å². The summed E-state index contributed by atoms with van der Waals surface area (Å²) in [7, 11) is 0. The number of ketones is 2. The number of allylic oxidation sites excluding steroid dienone is 2. The molecule has 11 nitrogen and oxygen atoms in total. The van der Waals surface area contributed by atoms with Gasteiger partial charge in [0, 0.05) is 30.9 Å². The van der Waals surface area contributed by atoms with Crippen molar-refractivity contribution in [1.29, 1.82) is 0 Å². The highest BCUT2D eigenvalue weighted by atomic mass is 16.7. The summed E-state index contributed by atoms with van der Waals surface area (Å²) in [5.74, 6) is -4.41. The van der Waals surface area contributed by atoms with Crippen LogP contribution >= 0.6 is 0 Å². The summed E-state index contributed by atoms with van der Waals surface area (Å²) < 4.78 is 17.6. The topological polar surface area (TPSA) is 160 Å². The fourth-order valence-corrected chi connectivity index (χ4v) is 7.23. The molecule has 1 amide bonds. The number of hydrogen-bond acceptors (Lipinski definition) is 10. The molecule has 3 aliphatic heterocycles. The number of fused-ring (bicyclic) bond motifs is 2. The number of aliphatic hydroxyl groups is 3. The number of amides is 1. The van der Waals surface area contributed by atoms with Crippen molar-refractivity contribution in [3.63, 3.8) is 0 Å². The Labute approximate surface area is 226 Å². The third-order valence-corrected chi connectivity index (χ3v) is 9.01. The van der Waals surface area contributed by atoms with Gasteiger partial charge in [-0.15, -0.1) is 0 Å². The third kappa shape index (κ3) is 3.67. The third-order valence-electron chi connectivity index (χ3n) is 9.01. The molecule has 1 unspecified atom stereocenters. The summed E-state index contributed by atoms with van der Waals surface area (Å²) in [5, 5.41) is 33.7. The maximum absolute atomic E-state index is 13.8. The number of rotatable bonds is 4. The Morgan fingerprint density at radius 3 is 2.46 bits per heavy atom. The Morgan fingerprint density at radius 2 is 1.85 bits per heavy atom. The molecular weight excluding hydrogens is 510 g/mol. The van der Waals surface area contributed by atoms with Crippen LogP contribution in [0, 0.1) is 11.8 Å². The van der Waals surface area contributed by atoms with Crippen LogP contribution in [0.4, 0.5) is 0 Å². The number of Topliss-reactive ketones (excluding diaryl/α,β-unsaturated/α-hetero) is 1. The molecule has 39 heavy (non-hydrogen) atoms. The lowest BCUT2D eigenvalue weighted by atomic mass is 9.75. The number of carbonyl (C=O) groups excluding carboxylic acids is 4. The molecule has 1 saturated carbocycles. The van der Waals surface area contributed by atoms with Gasteiger partial charge in [0.15, 0.2) is 17.6 Å². The van der Waals surface area contributed by atoms with Crippen molar-refractivity contribution < 1.29 is 48.7 Å². The molecular formula is C28H35NO10. The number of aliphatic hydroxyl groups excluding tert-OH is 1. The fourth-order valence-electron chi connectivity index (χ4n) is 7.23. The van der Waals surface area contributed by atoms with Crippen LogP contribution in [0.25, 0.3) is 0 Å². The molecule has 3 N–H and O–H groups in total. The van der Waals surface area contributed by atoms with Gasteiger partial charge in [0.05, 0.1) is 24.0 Å². The highest BCUT2D eigenvalue weighted by molar-refractivity contribution is 6.22. The minimum Gasteiger partial charge on any atom is -0.459 e. The molecule has 3 heterocycles. The Kier molecular flexibility index (Phi) is 6.36. The Bertz CT molecular complexity index is 1250. The smallest absolute Gasteiger partial charge is 0.303 e. The Morgan fingerprint density at radius 1 is 1.18 bits per heavy atom. The second kappa shape index (κ2) is 8.90. The van der Waals surface area contributed by atoms with Crippen LogP contribution in [0.1, 0.15) is 54.4 Å². The zero-order valence-corrected chi connectivity index (χ0v) is 22.8. The normalized spacial score (nSPS) is 44.2. The van der Waals surface area contributed by atoms with Gasteiger partial charge in [-0.1, -0.05) is 12.5 Å². The SMILES string of the molecule is CC(=O)OC(C)[C@@]12C=C(C)[C@@H]3[C@@H](C)[C@H](O[C@H]4CC[C@@H](O)[C@@H](C)O4)C4=CC(=O)C=C(N1C(=O)[C@](C)(O)C2=O)[C@@]43O. The molecule has 2 saturated heterocycles. The van der Waals surface area contributed by atoms with Crippen molar-refractivity contribution in [2.45, 2.75) is 102 Å². The van der Waals surface area contributed by atoms with E-state index in [2.05, 4.69) is 0 Å². The van der Waals surface area contributed by atoms with Crippen LogP contribution in [0.15, 0.2) is 35.1 Å². The highest BCUT2D eigenvalue weighted by Gasteiger charge is 2.73. The maximum Gasteiger partial charge on any atom is 0.303 e. The second-order valence-electron chi connectivity index (χ2n) is 11.6. The lowest BCUT2D eigenvalue weighted by Gasteiger charge is -2.43. The fraction of sp³-hybridized carbons (Fsp3) is 0.643. The van der Waals surface area contributed by atoms with E-state index in [1.54, 1.807) is 13.8 Å². The van der Waals surface area contributed by atoms with Gasteiger partial charge in [0.25, 0.3) is 5.91 Å². The summed E-state index contributed by atoms with van der Waals surface area (Å²) in [6.07, 6.45) is 0.861. The van der Waals surface area contributed by atoms with Crippen LogP contribution in [-0.4, -0.2) is 91.1 Å². The van der Waals surface area contributed by atoms with Gasteiger partial charge >= 0.3 is 5.97 Å². The minimum atomic E-state index is -2.51. The summed E-state index contributed by atoms with van der Waals surface area (Å²) in [5.41, 5.74) is -5.93. The summed E-state index contributed by atoms with van der Waals surface area (Å²) in [6.45, 7) is 8.92. The van der Waals surface area contributed by atoms with Crippen molar-refractivity contribution in [1.82, 2.24) is 4.90 Å². The molecule has 10 atom stereocenters. The van der Waals surface area contributed by atoms with Gasteiger partial charge in [-0.2, -0.15) is 0 Å². The highest BCUT2D eigenvalue weighted by Crippen LogP contribution is 2.59. The van der Waals surface area contributed by atoms with Crippen LogP contribution in [0.2, 0.25) is 0 Å². The first-order valence-corrected chi connectivity index (χ1v) is 13.3. The minimum absolute atomic E-state index is 0.176. The largest absolute Gasteiger partial charge is 0.459 e. The Hall–Kier alpha value is -2.70. The number of ether oxygens (including phenoxy) is 3. The molecule has 0 spiro atoms. The molecule has 3 fully saturated rings. The predicted molar refractivity (Wildman–Crippen MR) is 133 cm³/mol. The van der Waals surface area contributed by atoms with Gasteiger partial charge in [-0.05, 0) is 52.2 Å². The van der Waals surface area contributed by atoms with Gasteiger partial charge in [0.1, 0.15) is 11.7 Å². The number of nitrogens with zero attached hydrogens (tertiary/aromatic N) is 1. The molecule has 0 aromatic heterocycles. The van der Waals surface area contributed by atoms with Gasteiger partial charge in [-0.3, -0.25) is 24.1 Å². The molecule has 0 bridgehead atoms. The number of carbonyl (C=O) groups is 4. The van der Waals surface area contributed by atoms with E-state index in [9.17, 15) is 34.5 Å². The molecule has 2 aliphatic carbocycles. The van der Waals surface area contributed by atoms with Crippen molar-refractivity contribution in [2.75, 3.05) is 0 Å². The van der Waals surface area contributed by atoms with Crippen molar-refractivity contribution in [2.24, 2.45) is 11.8 Å². The van der Waals surface area contributed by atoms with E-state index in [1.165, 1.54) is 19.1 Å². The first-order valence-electron chi connectivity index (χ1n) is 13.3. The van der Waals surface area contributed by atoms with E-state index < -0.39 is 82.7 Å². The lowest BCUT2D eigenvalue weighted by Crippen LogP contribution is -2.59. The lowest BCUT2D eigenvalue weighted by molar-refractivity contribution is -0.233. The van der Waals surface area contributed by atoms with Crippen molar-refractivity contribution >= 4 is 23.4 Å². The average molecular weight is 546 g/mol. The zero-order valence-electron chi connectivity index (χ0n) is 22.8. The van der Waals surface area contributed by atoms with E-state index in [1.807, 2.05) is 6.92 Å². The van der Waals surface area contributed by atoms with Crippen LogP contribution < -0.4 is 0 Å². The van der Waals surface area contributed by atoms with Gasteiger partial charge in [-0.25, -0.2) is 0 Å². The summed E-state index contributed by atoms with van der Waals surface area (Å²) >= 11 is 0.